The third kappa shape index (κ3) is 1.91. The van der Waals surface area contributed by atoms with Crippen LogP contribution < -0.4 is 0 Å². The van der Waals surface area contributed by atoms with Gasteiger partial charge < -0.3 is 9.47 Å². The van der Waals surface area contributed by atoms with Crippen LogP contribution in [0.5, 0.6) is 0 Å². The van der Waals surface area contributed by atoms with Crippen LogP contribution in [0.3, 0.4) is 0 Å². The fraction of sp³-hybridized carbons (Fsp3) is 0.600. The number of hydrogen-bond donors (Lipinski definition) is 0. The monoisotopic (exact) mass is 194 g/mol. The van der Waals surface area contributed by atoms with Crippen molar-refractivity contribution in [3.05, 3.63) is 23.3 Å². The third-order valence-corrected chi connectivity index (χ3v) is 2.23. The molecule has 1 aliphatic heterocycles. The van der Waals surface area contributed by atoms with E-state index >= 15 is 0 Å². The highest BCUT2D eigenvalue weighted by Crippen LogP contribution is 2.20. The largest absolute Gasteiger partial charge is 0.376 e. The van der Waals surface area contributed by atoms with E-state index in [9.17, 15) is 0 Å². The van der Waals surface area contributed by atoms with Gasteiger partial charge in [-0.3, -0.25) is 9.97 Å². The van der Waals surface area contributed by atoms with Gasteiger partial charge >= 0.3 is 0 Å². The summed E-state index contributed by atoms with van der Waals surface area (Å²) in [6.45, 7) is 5.77. The molecule has 1 aliphatic rings. The highest BCUT2D eigenvalue weighted by atomic mass is 16.6. The van der Waals surface area contributed by atoms with Gasteiger partial charge in [0.25, 0.3) is 0 Å². The minimum absolute atomic E-state index is 0.0452. The van der Waals surface area contributed by atoms with Crippen molar-refractivity contribution in [2.24, 2.45) is 0 Å². The van der Waals surface area contributed by atoms with Gasteiger partial charge in [0.05, 0.1) is 36.9 Å². The highest BCUT2D eigenvalue weighted by Gasteiger charge is 2.20. The van der Waals surface area contributed by atoms with Crippen molar-refractivity contribution in [1.82, 2.24) is 9.97 Å². The zero-order chi connectivity index (χ0) is 9.97. The van der Waals surface area contributed by atoms with E-state index in [-0.39, 0.29) is 6.10 Å². The van der Waals surface area contributed by atoms with E-state index in [0.29, 0.717) is 19.8 Å². The van der Waals surface area contributed by atoms with E-state index in [1.807, 2.05) is 13.8 Å². The molecule has 1 unspecified atom stereocenters. The molecule has 0 radical (unpaired) electrons. The lowest BCUT2D eigenvalue weighted by Gasteiger charge is -2.23. The number of nitrogens with zero attached hydrogens (tertiary/aromatic N) is 2. The maximum atomic E-state index is 5.57. The van der Waals surface area contributed by atoms with Crippen molar-refractivity contribution in [1.29, 1.82) is 0 Å². The summed E-state index contributed by atoms with van der Waals surface area (Å²) in [5.74, 6) is 0. The van der Waals surface area contributed by atoms with Crippen molar-refractivity contribution >= 4 is 0 Å². The molecule has 2 heterocycles. The molecule has 0 spiro atoms. The van der Waals surface area contributed by atoms with Gasteiger partial charge in [-0.1, -0.05) is 0 Å². The first-order chi connectivity index (χ1) is 6.77. The molecule has 0 aliphatic carbocycles. The predicted molar refractivity (Wildman–Crippen MR) is 51.0 cm³/mol. The van der Waals surface area contributed by atoms with E-state index in [0.717, 1.165) is 17.1 Å². The number of hydrogen-bond acceptors (Lipinski definition) is 4. The maximum absolute atomic E-state index is 5.57. The zero-order valence-corrected chi connectivity index (χ0v) is 8.49. The van der Waals surface area contributed by atoms with Crippen LogP contribution in [0.25, 0.3) is 0 Å². The Kier molecular flexibility index (Phi) is 2.74. The molecule has 4 nitrogen and oxygen atoms in total. The van der Waals surface area contributed by atoms with Crippen LogP contribution in [0.2, 0.25) is 0 Å². The molecule has 1 saturated heterocycles. The summed E-state index contributed by atoms with van der Waals surface area (Å²) in [7, 11) is 0. The van der Waals surface area contributed by atoms with E-state index in [4.69, 9.17) is 9.47 Å². The van der Waals surface area contributed by atoms with Crippen LogP contribution in [0.15, 0.2) is 6.20 Å². The molecule has 1 aromatic heterocycles. The smallest absolute Gasteiger partial charge is 0.125 e. The molecule has 0 saturated carbocycles. The minimum atomic E-state index is -0.0452. The average Bonchev–Trinajstić information content (AvgIpc) is 2.23. The Hall–Kier alpha value is -1.00. The summed E-state index contributed by atoms with van der Waals surface area (Å²) in [4.78, 5) is 8.68. The van der Waals surface area contributed by atoms with E-state index < -0.39 is 0 Å². The minimum Gasteiger partial charge on any atom is -0.376 e. The first-order valence-electron chi connectivity index (χ1n) is 4.77. The van der Waals surface area contributed by atoms with Crippen molar-refractivity contribution < 1.29 is 9.47 Å². The second kappa shape index (κ2) is 4.02. The summed E-state index contributed by atoms with van der Waals surface area (Å²) in [6.07, 6.45) is 1.72. The average molecular weight is 194 g/mol. The van der Waals surface area contributed by atoms with Crippen LogP contribution in [0, 0.1) is 13.8 Å². The molecule has 1 fully saturated rings. The molecular formula is C10H14N2O2. The number of ether oxygens (including phenoxy) is 2. The second-order valence-corrected chi connectivity index (χ2v) is 3.42. The maximum Gasteiger partial charge on any atom is 0.125 e. The van der Waals surface area contributed by atoms with E-state index in [1.54, 1.807) is 6.20 Å². The van der Waals surface area contributed by atoms with Gasteiger partial charge in [-0.25, -0.2) is 0 Å². The first kappa shape index (κ1) is 9.55. The zero-order valence-electron chi connectivity index (χ0n) is 8.49. The predicted octanol–water partition coefficient (Wildman–Crippen LogP) is 1.18. The van der Waals surface area contributed by atoms with Crippen LogP contribution in [-0.4, -0.2) is 29.8 Å². The van der Waals surface area contributed by atoms with Crippen molar-refractivity contribution in [2.75, 3.05) is 19.8 Å². The van der Waals surface area contributed by atoms with Crippen LogP contribution in [0.1, 0.15) is 23.2 Å². The van der Waals surface area contributed by atoms with Gasteiger partial charge in [0.1, 0.15) is 6.10 Å². The summed E-state index contributed by atoms with van der Waals surface area (Å²) >= 11 is 0. The lowest BCUT2D eigenvalue weighted by molar-refractivity contribution is -0.0922. The van der Waals surface area contributed by atoms with Gasteiger partial charge in [0, 0.05) is 6.20 Å². The van der Waals surface area contributed by atoms with Crippen LogP contribution in [0.4, 0.5) is 0 Å². The SMILES string of the molecule is Cc1cnc(C)c(C2COCCO2)n1. The van der Waals surface area contributed by atoms with Crippen molar-refractivity contribution in [3.63, 3.8) is 0 Å². The number of aromatic nitrogens is 2. The van der Waals surface area contributed by atoms with Crippen LogP contribution >= 0.6 is 0 Å². The number of rotatable bonds is 1. The van der Waals surface area contributed by atoms with Crippen molar-refractivity contribution in [3.8, 4) is 0 Å². The van der Waals surface area contributed by atoms with Gasteiger partial charge in [-0.2, -0.15) is 0 Å². The molecule has 0 bridgehead atoms. The van der Waals surface area contributed by atoms with E-state index in [2.05, 4.69) is 9.97 Å². The third-order valence-electron chi connectivity index (χ3n) is 2.23. The Labute approximate surface area is 83.3 Å². The van der Waals surface area contributed by atoms with Crippen LogP contribution in [-0.2, 0) is 9.47 Å². The normalized spacial score (nSPS) is 22.3. The molecular weight excluding hydrogens is 180 g/mol. The molecule has 1 atom stereocenters. The standard InChI is InChI=1S/C10H14N2O2/c1-7-5-11-8(2)10(12-7)9-6-13-3-4-14-9/h5,9H,3-4,6H2,1-2H3. The summed E-state index contributed by atoms with van der Waals surface area (Å²) in [5.41, 5.74) is 2.75. The Morgan fingerprint density at radius 3 is 2.93 bits per heavy atom. The quantitative estimate of drug-likeness (QED) is 0.673. The molecule has 0 N–H and O–H groups in total. The Bertz CT molecular complexity index is 322. The molecule has 0 amide bonds. The Morgan fingerprint density at radius 2 is 2.21 bits per heavy atom. The lowest BCUT2D eigenvalue weighted by atomic mass is 10.2. The lowest BCUT2D eigenvalue weighted by Crippen LogP contribution is -2.23. The molecule has 2 rings (SSSR count). The Balaban J connectivity index is 2.24. The van der Waals surface area contributed by atoms with Gasteiger partial charge in [0.2, 0.25) is 0 Å². The molecule has 14 heavy (non-hydrogen) atoms. The molecule has 1 aromatic rings. The first-order valence-corrected chi connectivity index (χ1v) is 4.77. The van der Waals surface area contributed by atoms with Gasteiger partial charge in [0.15, 0.2) is 0 Å². The molecule has 4 heteroatoms. The topological polar surface area (TPSA) is 44.2 Å². The molecule has 76 valence electrons. The second-order valence-electron chi connectivity index (χ2n) is 3.42. The highest BCUT2D eigenvalue weighted by molar-refractivity contribution is 5.15. The van der Waals surface area contributed by atoms with Gasteiger partial charge in [-0.15, -0.1) is 0 Å². The Morgan fingerprint density at radius 1 is 1.36 bits per heavy atom. The fourth-order valence-corrected chi connectivity index (χ4v) is 1.51. The number of aryl methyl sites for hydroxylation is 2. The van der Waals surface area contributed by atoms with Crippen molar-refractivity contribution in [2.45, 2.75) is 20.0 Å². The molecule has 0 aromatic carbocycles. The van der Waals surface area contributed by atoms with E-state index in [1.165, 1.54) is 0 Å². The summed E-state index contributed by atoms with van der Waals surface area (Å²) < 4.78 is 10.9. The fourth-order valence-electron chi connectivity index (χ4n) is 1.51. The summed E-state index contributed by atoms with van der Waals surface area (Å²) in [6, 6.07) is 0. The van der Waals surface area contributed by atoms with Gasteiger partial charge in [-0.05, 0) is 13.8 Å². The summed E-state index contributed by atoms with van der Waals surface area (Å²) in [5, 5.41) is 0.